The van der Waals surface area contributed by atoms with E-state index < -0.39 is 10.0 Å². The molecule has 0 amide bonds. The van der Waals surface area contributed by atoms with Crippen LogP contribution >= 0.6 is 0 Å². The number of sulfonamides is 1. The first-order chi connectivity index (χ1) is 5.41. The van der Waals surface area contributed by atoms with Gasteiger partial charge in [-0.2, -0.15) is 0 Å². The van der Waals surface area contributed by atoms with E-state index in [4.69, 9.17) is 5.14 Å². The molecular weight excluding hydrogens is 300 g/mol. The van der Waals surface area contributed by atoms with Crippen molar-refractivity contribution in [3.05, 3.63) is 18.2 Å². The average Bonchev–Trinajstić information content (AvgIpc) is 1.92. The van der Waals surface area contributed by atoms with E-state index in [1.54, 1.807) is 12.1 Å². The summed E-state index contributed by atoms with van der Waals surface area (Å²) < 4.78 is 23.9. The summed E-state index contributed by atoms with van der Waals surface area (Å²) in [5.74, 6) is 0. The summed E-state index contributed by atoms with van der Waals surface area (Å²) in [7, 11) is -3.53. The van der Waals surface area contributed by atoms with Crippen LogP contribution in [0.3, 0.4) is 0 Å². The van der Waals surface area contributed by atoms with Gasteiger partial charge >= 0.3 is 89.1 Å². The van der Waals surface area contributed by atoms with Crippen LogP contribution in [-0.2, 0) is 10.0 Å². The van der Waals surface area contributed by atoms with Crippen LogP contribution in [0.2, 0.25) is 0 Å². The zero-order valence-corrected chi connectivity index (χ0v) is 11.9. The SMILES string of the molecule is NS(=O)(=O)c1ccc([AsH2])c([AsH2])c1. The van der Waals surface area contributed by atoms with Gasteiger partial charge in [0, 0.05) is 0 Å². The molecule has 0 spiro atoms. The van der Waals surface area contributed by atoms with Gasteiger partial charge in [0.05, 0.1) is 0 Å². The van der Waals surface area contributed by atoms with E-state index in [0.717, 1.165) is 8.70 Å². The fourth-order valence-electron chi connectivity index (χ4n) is 0.730. The van der Waals surface area contributed by atoms with Gasteiger partial charge in [0.2, 0.25) is 0 Å². The van der Waals surface area contributed by atoms with Crippen molar-refractivity contribution in [2.45, 2.75) is 4.90 Å². The summed E-state index contributed by atoms with van der Waals surface area (Å²) in [5.41, 5.74) is 0. The van der Waals surface area contributed by atoms with Crippen molar-refractivity contribution in [3.63, 3.8) is 0 Å². The molecule has 0 fully saturated rings. The van der Waals surface area contributed by atoms with Crippen LogP contribution < -0.4 is 13.8 Å². The molecule has 0 aliphatic rings. The topological polar surface area (TPSA) is 60.2 Å². The zero-order valence-electron chi connectivity index (χ0n) is 6.19. The fourth-order valence-corrected chi connectivity index (χ4v) is 2.49. The van der Waals surface area contributed by atoms with Gasteiger partial charge < -0.3 is 0 Å². The molecule has 2 unspecified atom stereocenters. The third-order valence-corrected chi connectivity index (χ3v) is 5.92. The second kappa shape index (κ2) is 3.55. The Kier molecular flexibility index (Phi) is 3.05. The quantitative estimate of drug-likeness (QED) is 0.557. The Morgan fingerprint density at radius 1 is 1.17 bits per heavy atom. The van der Waals surface area contributed by atoms with Gasteiger partial charge in [0.15, 0.2) is 0 Å². The van der Waals surface area contributed by atoms with E-state index in [2.05, 4.69) is 0 Å². The van der Waals surface area contributed by atoms with E-state index in [0.29, 0.717) is 0 Å². The number of primary sulfonamides is 1. The molecule has 66 valence electrons. The van der Waals surface area contributed by atoms with Crippen LogP contribution in [0.25, 0.3) is 0 Å². The second-order valence-electron chi connectivity index (χ2n) is 2.34. The van der Waals surface area contributed by atoms with Crippen molar-refractivity contribution in [2.75, 3.05) is 0 Å². The Labute approximate surface area is 88.8 Å². The van der Waals surface area contributed by atoms with Crippen LogP contribution in [0.5, 0.6) is 0 Å². The molecule has 0 saturated carbocycles. The molecular formula is C6H9As2NO2S. The monoisotopic (exact) mass is 309 g/mol. The Morgan fingerprint density at radius 2 is 1.75 bits per heavy atom. The molecule has 1 aromatic rings. The molecule has 2 N–H and O–H groups in total. The molecule has 12 heavy (non-hydrogen) atoms. The second-order valence-corrected chi connectivity index (χ2v) is 6.51. The summed E-state index contributed by atoms with van der Waals surface area (Å²) in [4.78, 5) is 0.197. The number of hydrogen-bond acceptors (Lipinski definition) is 2. The first-order valence-electron chi connectivity index (χ1n) is 3.09. The van der Waals surface area contributed by atoms with E-state index in [9.17, 15) is 8.42 Å². The fraction of sp³-hybridized carbons (Fsp3) is 0. The zero-order chi connectivity index (χ0) is 9.35. The molecule has 0 bridgehead atoms. The molecule has 0 saturated heterocycles. The van der Waals surface area contributed by atoms with Crippen LogP contribution in [-0.4, -0.2) is 42.1 Å². The van der Waals surface area contributed by atoms with E-state index in [1.807, 2.05) is 0 Å². The summed E-state index contributed by atoms with van der Waals surface area (Å²) in [6, 6.07) is 4.94. The molecule has 0 aromatic heterocycles. The average molecular weight is 309 g/mol. The van der Waals surface area contributed by atoms with Gasteiger partial charge in [0.25, 0.3) is 0 Å². The van der Waals surface area contributed by atoms with Crippen molar-refractivity contribution in [1.29, 1.82) is 0 Å². The molecule has 3 nitrogen and oxygen atoms in total. The van der Waals surface area contributed by atoms with Gasteiger partial charge in [-0.05, 0) is 0 Å². The van der Waals surface area contributed by atoms with Gasteiger partial charge in [-0.1, -0.05) is 0 Å². The van der Waals surface area contributed by atoms with Crippen LogP contribution in [0.15, 0.2) is 23.1 Å². The Morgan fingerprint density at radius 3 is 2.17 bits per heavy atom. The molecule has 0 aliphatic carbocycles. The van der Waals surface area contributed by atoms with Crippen molar-refractivity contribution in [2.24, 2.45) is 5.14 Å². The van der Waals surface area contributed by atoms with Gasteiger partial charge in [-0.15, -0.1) is 0 Å². The first-order valence-corrected chi connectivity index (χ1v) is 7.06. The molecule has 6 heteroatoms. The molecule has 0 radical (unpaired) electrons. The predicted octanol–water partition coefficient (Wildman–Crippen LogP) is -3.15. The van der Waals surface area contributed by atoms with E-state index in [1.165, 1.54) is 39.8 Å². The summed E-state index contributed by atoms with van der Waals surface area (Å²) in [6.07, 6.45) is 0. The summed E-state index contributed by atoms with van der Waals surface area (Å²) in [6.45, 7) is 0. The van der Waals surface area contributed by atoms with Crippen LogP contribution in [0.1, 0.15) is 0 Å². The minimum atomic E-state index is -3.53. The number of nitrogens with two attached hydrogens (primary N) is 1. The minimum absolute atomic E-state index is 0.197. The van der Waals surface area contributed by atoms with E-state index >= 15 is 0 Å². The Hall–Kier alpha value is 0.247. The third-order valence-electron chi connectivity index (χ3n) is 1.39. The van der Waals surface area contributed by atoms with Gasteiger partial charge in [0.1, 0.15) is 0 Å². The normalized spacial score (nSPS) is 11.6. The van der Waals surface area contributed by atoms with Crippen LogP contribution in [0, 0.1) is 0 Å². The van der Waals surface area contributed by atoms with Crippen molar-refractivity contribution in [3.8, 4) is 0 Å². The maximum atomic E-state index is 10.9. The first kappa shape index (κ1) is 10.3. The number of hydrogen-bond donors (Lipinski definition) is 1. The predicted molar refractivity (Wildman–Crippen MR) is 54.2 cm³/mol. The van der Waals surface area contributed by atoms with Crippen molar-refractivity contribution < 1.29 is 8.42 Å². The van der Waals surface area contributed by atoms with E-state index in [-0.39, 0.29) is 4.90 Å². The van der Waals surface area contributed by atoms with Gasteiger partial charge in [-0.25, -0.2) is 0 Å². The molecule has 0 heterocycles. The molecule has 1 rings (SSSR count). The Balaban J connectivity index is 3.33. The summed E-state index contributed by atoms with van der Waals surface area (Å²) >= 11 is 2.90. The maximum absolute atomic E-state index is 10.9. The molecule has 2 atom stereocenters. The number of benzene rings is 1. The van der Waals surface area contributed by atoms with Crippen molar-refractivity contribution in [1.82, 2.24) is 0 Å². The third kappa shape index (κ3) is 2.37. The number of rotatable bonds is 1. The molecule has 0 aliphatic heterocycles. The summed E-state index contributed by atoms with van der Waals surface area (Å²) in [5, 5.41) is 4.96. The Bertz CT molecular complexity index is 402. The standard InChI is InChI=1S/C6H9As2NO2S/c7-5-2-1-4(3-6(5)8)12(9,10)11/h1-3H,7-8H2,(H2,9,10,11). The van der Waals surface area contributed by atoms with Crippen LogP contribution in [0.4, 0.5) is 0 Å². The molecule has 1 aromatic carbocycles. The van der Waals surface area contributed by atoms with Crippen molar-refractivity contribution >= 4 is 52.4 Å². The van der Waals surface area contributed by atoms with Gasteiger partial charge in [-0.3, -0.25) is 0 Å².